The Morgan fingerprint density at radius 2 is 2.00 bits per heavy atom. The van der Waals surface area contributed by atoms with Crippen LogP contribution in [0, 0.1) is 5.82 Å². The molecule has 0 saturated carbocycles. The highest BCUT2D eigenvalue weighted by molar-refractivity contribution is 6.30. The second-order valence-electron chi connectivity index (χ2n) is 4.83. The van der Waals surface area contributed by atoms with Crippen LogP contribution in [0.2, 0.25) is 5.02 Å². The molecule has 0 aromatic heterocycles. The number of halogens is 2. The average molecular weight is 277 g/mol. The van der Waals surface area contributed by atoms with Gasteiger partial charge in [0.05, 0.1) is 11.6 Å². The molecule has 0 bridgehead atoms. The maximum absolute atomic E-state index is 13.4. The lowest BCUT2D eigenvalue weighted by Crippen LogP contribution is -2.16. The summed E-state index contributed by atoms with van der Waals surface area (Å²) in [6, 6.07) is 13.4. The van der Waals surface area contributed by atoms with Crippen molar-refractivity contribution in [2.24, 2.45) is 0 Å². The molecule has 0 saturated heterocycles. The summed E-state index contributed by atoms with van der Waals surface area (Å²) in [5.41, 5.74) is 2.29. The molecule has 1 heterocycles. The van der Waals surface area contributed by atoms with Crippen molar-refractivity contribution in [2.45, 2.75) is 18.8 Å². The molecule has 19 heavy (non-hydrogen) atoms. The number of rotatable bonds is 2. The van der Waals surface area contributed by atoms with Gasteiger partial charge in [0, 0.05) is 6.07 Å². The molecule has 98 valence electrons. The third-order valence-electron chi connectivity index (χ3n) is 3.54. The lowest BCUT2D eigenvalue weighted by molar-refractivity contribution is 0.265. The molecule has 0 aliphatic carbocycles. The number of ether oxygens (including phenoxy) is 1. The smallest absolute Gasteiger partial charge is 0.145 e. The molecule has 1 aliphatic rings. The van der Waals surface area contributed by atoms with E-state index >= 15 is 0 Å². The quantitative estimate of drug-likeness (QED) is 0.780. The van der Waals surface area contributed by atoms with Gasteiger partial charge in [-0.05, 0) is 36.0 Å². The average Bonchev–Trinajstić information content (AvgIpc) is 2.42. The lowest BCUT2D eigenvalue weighted by atomic mass is 9.87. The highest BCUT2D eigenvalue weighted by Crippen LogP contribution is 2.38. The highest BCUT2D eigenvalue weighted by Gasteiger charge is 2.23. The molecule has 2 aromatic carbocycles. The van der Waals surface area contributed by atoms with Crippen molar-refractivity contribution in [3.05, 3.63) is 64.4 Å². The topological polar surface area (TPSA) is 9.23 Å². The predicted octanol–water partition coefficient (Wildman–Crippen LogP) is 4.59. The van der Waals surface area contributed by atoms with Crippen LogP contribution in [0.1, 0.15) is 23.5 Å². The van der Waals surface area contributed by atoms with Gasteiger partial charge in [0.1, 0.15) is 11.6 Å². The SMILES string of the molecule is Fc1cc2c(cc1Cl)C(Cc1ccccc1)CCO2. The summed E-state index contributed by atoms with van der Waals surface area (Å²) in [6.07, 6.45) is 1.86. The molecule has 0 radical (unpaired) electrons. The Kier molecular flexibility index (Phi) is 3.43. The Morgan fingerprint density at radius 1 is 1.21 bits per heavy atom. The van der Waals surface area contributed by atoms with E-state index in [4.69, 9.17) is 16.3 Å². The fourth-order valence-corrected chi connectivity index (χ4v) is 2.74. The monoisotopic (exact) mass is 276 g/mol. The van der Waals surface area contributed by atoms with E-state index < -0.39 is 5.82 Å². The van der Waals surface area contributed by atoms with Crippen molar-refractivity contribution in [1.29, 1.82) is 0 Å². The van der Waals surface area contributed by atoms with E-state index in [1.807, 2.05) is 18.2 Å². The van der Waals surface area contributed by atoms with Crippen LogP contribution in [-0.4, -0.2) is 6.61 Å². The van der Waals surface area contributed by atoms with Crippen LogP contribution in [0.15, 0.2) is 42.5 Å². The third kappa shape index (κ3) is 2.59. The molecule has 1 aliphatic heterocycles. The molecule has 0 N–H and O–H groups in total. The maximum Gasteiger partial charge on any atom is 0.145 e. The Labute approximate surface area is 117 Å². The summed E-state index contributed by atoms with van der Waals surface area (Å²) in [6.45, 7) is 0.631. The van der Waals surface area contributed by atoms with E-state index in [0.717, 1.165) is 18.4 Å². The lowest BCUT2D eigenvalue weighted by Gasteiger charge is -2.26. The Bertz CT molecular complexity index is 583. The fraction of sp³-hybridized carbons (Fsp3) is 0.250. The first kappa shape index (κ1) is 12.5. The molecule has 2 aromatic rings. The van der Waals surface area contributed by atoms with E-state index in [2.05, 4.69) is 12.1 Å². The van der Waals surface area contributed by atoms with E-state index in [1.54, 1.807) is 6.07 Å². The van der Waals surface area contributed by atoms with E-state index in [9.17, 15) is 4.39 Å². The van der Waals surface area contributed by atoms with Gasteiger partial charge < -0.3 is 4.74 Å². The van der Waals surface area contributed by atoms with Gasteiger partial charge in [-0.1, -0.05) is 41.9 Å². The van der Waals surface area contributed by atoms with Gasteiger partial charge in [0.25, 0.3) is 0 Å². The molecule has 3 rings (SSSR count). The van der Waals surface area contributed by atoms with Gasteiger partial charge >= 0.3 is 0 Å². The van der Waals surface area contributed by atoms with Crippen molar-refractivity contribution in [1.82, 2.24) is 0 Å². The summed E-state index contributed by atoms with van der Waals surface area (Å²) in [5, 5.41) is 0.169. The van der Waals surface area contributed by atoms with Gasteiger partial charge in [-0.15, -0.1) is 0 Å². The normalized spacial score (nSPS) is 17.7. The minimum Gasteiger partial charge on any atom is -0.493 e. The summed E-state index contributed by atoms with van der Waals surface area (Å²) in [7, 11) is 0. The van der Waals surface area contributed by atoms with Gasteiger partial charge in [-0.3, -0.25) is 0 Å². The second-order valence-corrected chi connectivity index (χ2v) is 5.24. The second kappa shape index (κ2) is 5.22. The molecular formula is C16H14ClFO. The Hall–Kier alpha value is -1.54. The molecule has 1 atom stereocenters. The molecule has 0 fully saturated rings. The first-order valence-corrected chi connectivity index (χ1v) is 6.77. The van der Waals surface area contributed by atoms with Crippen LogP contribution in [0.25, 0.3) is 0 Å². The summed E-state index contributed by atoms with van der Waals surface area (Å²) < 4.78 is 19.0. The zero-order valence-corrected chi connectivity index (χ0v) is 11.2. The zero-order chi connectivity index (χ0) is 13.2. The molecule has 1 unspecified atom stereocenters. The predicted molar refractivity (Wildman–Crippen MR) is 74.4 cm³/mol. The van der Waals surface area contributed by atoms with Crippen molar-refractivity contribution in [3.8, 4) is 5.75 Å². The largest absolute Gasteiger partial charge is 0.493 e. The van der Waals surface area contributed by atoms with Crippen molar-refractivity contribution in [2.75, 3.05) is 6.61 Å². The maximum atomic E-state index is 13.4. The van der Waals surface area contributed by atoms with Crippen LogP contribution in [0.5, 0.6) is 5.75 Å². The third-order valence-corrected chi connectivity index (χ3v) is 3.83. The van der Waals surface area contributed by atoms with Gasteiger partial charge in [0.2, 0.25) is 0 Å². The van der Waals surface area contributed by atoms with Crippen LogP contribution < -0.4 is 4.74 Å². The highest BCUT2D eigenvalue weighted by atomic mass is 35.5. The van der Waals surface area contributed by atoms with Crippen LogP contribution in [0.3, 0.4) is 0 Å². The summed E-state index contributed by atoms with van der Waals surface area (Å²) >= 11 is 5.88. The summed E-state index contributed by atoms with van der Waals surface area (Å²) in [4.78, 5) is 0. The van der Waals surface area contributed by atoms with Crippen LogP contribution in [0.4, 0.5) is 4.39 Å². The van der Waals surface area contributed by atoms with E-state index in [1.165, 1.54) is 11.6 Å². The molecule has 1 nitrogen and oxygen atoms in total. The summed E-state index contributed by atoms with van der Waals surface area (Å²) in [5.74, 6) is 0.555. The molecule has 0 spiro atoms. The minimum atomic E-state index is -0.416. The van der Waals surface area contributed by atoms with Crippen LogP contribution >= 0.6 is 11.6 Å². The minimum absolute atomic E-state index is 0.169. The Balaban J connectivity index is 1.92. The first-order valence-electron chi connectivity index (χ1n) is 6.39. The van der Waals surface area contributed by atoms with E-state index in [-0.39, 0.29) is 5.02 Å². The number of fused-ring (bicyclic) bond motifs is 1. The molecular weight excluding hydrogens is 263 g/mol. The Morgan fingerprint density at radius 3 is 2.79 bits per heavy atom. The zero-order valence-electron chi connectivity index (χ0n) is 10.4. The number of hydrogen-bond acceptors (Lipinski definition) is 1. The van der Waals surface area contributed by atoms with Crippen molar-refractivity contribution < 1.29 is 9.13 Å². The van der Waals surface area contributed by atoms with Gasteiger partial charge in [-0.25, -0.2) is 4.39 Å². The van der Waals surface area contributed by atoms with Gasteiger partial charge in [-0.2, -0.15) is 0 Å². The number of hydrogen-bond donors (Lipinski definition) is 0. The molecule has 3 heteroatoms. The van der Waals surface area contributed by atoms with Crippen molar-refractivity contribution >= 4 is 11.6 Å². The molecule has 0 amide bonds. The first-order chi connectivity index (χ1) is 9.24. The number of benzene rings is 2. The van der Waals surface area contributed by atoms with E-state index in [0.29, 0.717) is 18.3 Å². The van der Waals surface area contributed by atoms with Crippen LogP contribution in [-0.2, 0) is 6.42 Å². The van der Waals surface area contributed by atoms with Gasteiger partial charge in [0.15, 0.2) is 0 Å². The standard InChI is InChI=1S/C16H14ClFO/c17-14-9-13-12(8-11-4-2-1-3-5-11)6-7-19-16(13)10-15(14)18/h1-5,9-10,12H,6-8H2. The fourth-order valence-electron chi connectivity index (χ4n) is 2.57. The van der Waals surface area contributed by atoms with Crippen molar-refractivity contribution in [3.63, 3.8) is 0 Å².